The Morgan fingerprint density at radius 3 is 2.06 bits per heavy atom. The zero-order valence-corrected chi connectivity index (χ0v) is 30.6. The van der Waals surface area contributed by atoms with Crippen LogP contribution >= 0.6 is 34.0 Å². The Bertz CT molecular complexity index is 2270. The van der Waals surface area contributed by atoms with Crippen molar-refractivity contribution in [3.63, 3.8) is 0 Å². The molecule has 0 bridgehead atoms. The fourth-order valence-electron chi connectivity index (χ4n) is 6.12. The van der Waals surface area contributed by atoms with Crippen molar-refractivity contribution in [1.29, 1.82) is 5.26 Å². The van der Waals surface area contributed by atoms with Crippen LogP contribution in [-0.2, 0) is 22.6 Å². The van der Waals surface area contributed by atoms with E-state index in [0.717, 1.165) is 55.7 Å². The molecule has 11 heteroatoms. The topological polar surface area (TPSA) is 135 Å². The molecule has 0 aliphatic heterocycles. The van der Waals surface area contributed by atoms with Crippen LogP contribution in [0.2, 0.25) is 0 Å². The molecule has 1 fully saturated rings. The lowest BCUT2D eigenvalue weighted by Gasteiger charge is -2.17. The first-order valence-corrected chi connectivity index (χ1v) is 19.5. The van der Waals surface area contributed by atoms with Gasteiger partial charge in [-0.2, -0.15) is 5.26 Å². The van der Waals surface area contributed by atoms with Crippen molar-refractivity contribution < 1.29 is 9.59 Å². The number of nitrogens with one attached hydrogen (secondary N) is 1. The summed E-state index contributed by atoms with van der Waals surface area (Å²) in [6, 6.07) is 24.1. The minimum atomic E-state index is -0.448. The number of fused-ring (bicyclic) bond motifs is 3. The number of nitriles is 1. The van der Waals surface area contributed by atoms with Gasteiger partial charge in [0.1, 0.15) is 20.6 Å². The third-order valence-corrected chi connectivity index (χ3v) is 11.5. The monoisotopic (exact) mass is 730 g/mol. The highest BCUT2D eigenvalue weighted by atomic mass is 32.1. The van der Waals surface area contributed by atoms with Gasteiger partial charge >= 0.3 is 0 Å². The molecule has 1 aromatic carbocycles. The number of amides is 1. The molecule has 51 heavy (non-hydrogen) atoms. The number of aryl methyl sites for hydroxylation is 1. The molecular formula is C40H38N6O2S3. The van der Waals surface area contributed by atoms with E-state index in [9.17, 15) is 9.59 Å². The number of pyridine rings is 3. The summed E-state index contributed by atoms with van der Waals surface area (Å²) in [5.74, 6) is 0.533. The van der Waals surface area contributed by atoms with Gasteiger partial charge in [0.25, 0.3) is 0 Å². The highest BCUT2D eigenvalue weighted by Crippen LogP contribution is 2.38. The molecule has 1 aliphatic rings. The standard InChI is InChI=1S/C24H26N2O2S.C8H8N2S.C8H4N2S/c1-16(22(27)10-7-17-13-21-11-12-29-24(21)25-15-17)26-23(28)20-9-8-19(14-20)18-5-3-2-4-6-18;2*9-4-6-3-7-1-2-11-8(7)10-5-6/h2-6,11-13,15-16,19-20H,7-10,14H2,1H3,(H,26,28);1-3,5H,4,9H2;1-3,5H/t16-,19+,20+;;/m0../s1. The number of carbonyl (C=O) groups excluding carboxylic acids is 2. The van der Waals surface area contributed by atoms with Crippen LogP contribution < -0.4 is 11.1 Å². The number of carbonyl (C=O) groups is 2. The van der Waals surface area contributed by atoms with E-state index < -0.39 is 6.04 Å². The Labute approximate surface area is 309 Å². The molecule has 0 saturated heterocycles. The van der Waals surface area contributed by atoms with Gasteiger partial charge in [-0.05, 0) is 108 Å². The van der Waals surface area contributed by atoms with Gasteiger partial charge in [-0.15, -0.1) is 34.0 Å². The van der Waals surface area contributed by atoms with Crippen molar-refractivity contribution in [2.45, 2.75) is 57.5 Å². The molecular weight excluding hydrogens is 693 g/mol. The number of Topliss-reactive ketones (excluding diaryl/α,β-unsaturated/α-hetero) is 1. The van der Waals surface area contributed by atoms with Gasteiger partial charge in [0.15, 0.2) is 5.78 Å². The smallest absolute Gasteiger partial charge is 0.223 e. The van der Waals surface area contributed by atoms with Crippen LogP contribution in [0.25, 0.3) is 30.6 Å². The van der Waals surface area contributed by atoms with E-state index >= 15 is 0 Å². The first-order valence-electron chi connectivity index (χ1n) is 16.9. The second-order valence-corrected chi connectivity index (χ2v) is 15.2. The summed E-state index contributed by atoms with van der Waals surface area (Å²) in [5.41, 5.74) is 9.56. The molecule has 7 aromatic rings. The third kappa shape index (κ3) is 9.48. The van der Waals surface area contributed by atoms with Crippen molar-refractivity contribution in [3.05, 3.63) is 124 Å². The van der Waals surface area contributed by atoms with Crippen molar-refractivity contribution in [3.8, 4) is 6.07 Å². The highest BCUT2D eigenvalue weighted by molar-refractivity contribution is 7.17. The minimum absolute atomic E-state index is 0.000606. The quantitative estimate of drug-likeness (QED) is 0.160. The Balaban J connectivity index is 0.000000164. The molecule has 3 atom stereocenters. The van der Waals surface area contributed by atoms with Crippen LogP contribution in [0.5, 0.6) is 0 Å². The fraction of sp³-hybridized carbons (Fsp3) is 0.250. The zero-order chi connectivity index (χ0) is 35.6. The Morgan fingerprint density at radius 1 is 0.843 bits per heavy atom. The highest BCUT2D eigenvalue weighted by Gasteiger charge is 2.31. The summed E-state index contributed by atoms with van der Waals surface area (Å²) in [4.78, 5) is 41.1. The van der Waals surface area contributed by atoms with Crippen molar-refractivity contribution >= 4 is 76.4 Å². The number of ketones is 1. The predicted octanol–water partition coefficient (Wildman–Crippen LogP) is 8.81. The Hall–Kier alpha value is -4.86. The molecule has 6 aromatic heterocycles. The van der Waals surface area contributed by atoms with Gasteiger partial charge < -0.3 is 11.1 Å². The number of rotatable bonds is 8. The average molecular weight is 731 g/mol. The van der Waals surface area contributed by atoms with E-state index in [1.807, 2.05) is 52.8 Å². The molecule has 0 spiro atoms. The lowest BCUT2D eigenvalue weighted by atomic mass is 9.96. The summed E-state index contributed by atoms with van der Waals surface area (Å²) < 4.78 is 0. The number of aromatic nitrogens is 3. The SMILES string of the molecule is C[C@H](NC(=O)[C@@H]1CC[C@@H](c2ccccc2)C1)C(=O)CCc1cnc2sccc2c1.N#Cc1cnc2sccc2c1.NCc1cnc2sccc2c1. The van der Waals surface area contributed by atoms with E-state index in [4.69, 9.17) is 11.0 Å². The molecule has 0 radical (unpaired) electrons. The molecule has 8 rings (SSSR count). The van der Waals surface area contributed by atoms with E-state index in [2.05, 4.69) is 68.8 Å². The van der Waals surface area contributed by atoms with E-state index in [1.165, 1.54) is 10.9 Å². The maximum atomic E-state index is 12.7. The maximum absolute atomic E-state index is 12.7. The molecule has 1 aliphatic carbocycles. The summed E-state index contributed by atoms with van der Waals surface area (Å²) in [6.07, 6.45) is 9.12. The van der Waals surface area contributed by atoms with Gasteiger partial charge in [0, 0.05) is 53.6 Å². The van der Waals surface area contributed by atoms with Gasteiger partial charge in [-0.3, -0.25) is 9.59 Å². The first-order chi connectivity index (χ1) is 24.9. The van der Waals surface area contributed by atoms with Crippen LogP contribution in [0.3, 0.4) is 0 Å². The van der Waals surface area contributed by atoms with Gasteiger partial charge in [0.2, 0.25) is 5.91 Å². The van der Waals surface area contributed by atoms with Gasteiger partial charge in [-0.25, -0.2) is 15.0 Å². The lowest BCUT2D eigenvalue weighted by Crippen LogP contribution is -2.41. The van der Waals surface area contributed by atoms with Crippen LogP contribution in [-0.4, -0.2) is 32.7 Å². The van der Waals surface area contributed by atoms with E-state index in [0.29, 0.717) is 30.9 Å². The molecule has 3 N–H and O–H groups in total. The van der Waals surface area contributed by atoms with Crippen LogP contribution in [0.4, 0.5) is 0 Å². The number of hydrogen-bond donors (Lipinski definition) is 2. The number of hydrogen-bond acceptors (Lipinski definition) is 10. The van der Waals surface area contributed by atoms with Crippen LogP contribution in [0.1, 0.15) is 60.8 Å². The lowest BCUT2D eigenvalue weighted by molar-refractivity contribution is -0.129. The number of nitrogens with zero attached hydrogens (tertiary/aromatic N) is 4. The zero-order valence-electron chi connectivity index (χ0n) is 28.2. The predicted molar refractivity (Wildman–Crippen MR) is 209 cm³/mol. The Morgan fingerprint density at radius 2 is 1.43 bits per heavy atom. The summed E-state index contributed by atoms with van der Waals surface area (Å²) in [6.45, 7) is 2.36. The van der Waals surface area contributed by atoms with Crippen molar-refractivity contribution in [2.75, 3.05) is 0 Å². The van der Waals surface area contributed by atoms with Crippen molar-refractivity contribution in [2.24, 2.45) is 11.7 Å². The maximum Gasteiger partial charge on any atom is 0.223 e. The normalized spacial score (nSPS) is 15.7. The number of thiophene rings is 3. The van der Waals surface area contributed by atoms with Gasteiger partial charge in [-0.1, -0.05) is 30.3 Å². The van der Waals surface area contributed by atoms with Crippen LogP contribution in [0, 0.1) is 17.2 Å². The van der Waals surface area contributed by atoms with Crippen LogP contribution in [0.15, 0.2) is 101 Å². The van der Waals surface area contributed by atoms with Gasteiger partial charge in [0.05, 0.1) is 11.6 Å². The first kappa shape index (κ1) is 35.9. The fourth-order valence-corrected chi connectivity index (χ4v) is 8.28. The average Bonchev–Trinajstić information content (AvgIpc) is 4.01. The molecule has 0 unspecified atom stereocenters. The summed E-state index contributed by atoms with van der Waals surface area (Å²) in [7, 11) is 0. The second-order valence-electron chi connectivity index (χ2n) is 12.5. The molecule has 1 saturated carbocycles. The largest absolute Gasteiger partial charge is 0.346 e. The summed E-state index contributed by atoms with van der Waals surface area (Å²) in [5, 5.41) is 20.9. The molecule has 258 valence electrons. The van der Waals surface area contributed by atoms with E-state index in [1.54, 1.807) is 47.1 Å². The minimum Gasteiger partial charge on any atom is -0.346 e. The molecule has 6 heterocycles. The third-order valence-electron chi connectivity index (χ3n) is 8.97. The van der Waals surface area contributed by atoms with Crippen molar-refractivity contribution in [1.82, 2.24) is 20.3 Å². The van der Waals surface area contributed by atoms with E-state index in [-0.39, 0.29) is 17.6 Å². The molecule has 8 nitrogen and oxygen atoms in total. The summed E-state index contributed by atoms with van der Waals surface area (Å²) >= 11 is 4.86. The second kappa shape index (κ2) is 17.4. The molecule has 1 amide bonds. The number of nitrogens with two attached hydrogens (primary N) is 1. The number of benzene rings is 1. The Kier molecular flexibility index (Phi) is 12.2.